The monoisotopic (exact) mass is 314 g/mol. The summed E-state index contributed by atoms with van der Waals surface area (Å²) < 4.78 is 2.00. The Morgan fingerprint density at radius 2 is 2.26 bits per heavy atom. The molecule has 0 aliphatic carbocycles. The van der Waals surface area contributed by atoms with Crippen molar-refractivity contribution >= 4 is 23.6 Å². The van der Waals surface area contributed by atoms with E-state index < -0.39 is 0 Å². The Bertz CT molecular complexity index is 678. The van der Waals surface area contributed by atoms with Crippen LogP contribution >= 0.6 is 0 Å². The molecular formula is C15H22N8. The zero-order chi connectivity index (χ0) is 16.5. The zero-order valence-electron chi connectivity index (χ0n) is 13.2. The third-order valence-corrected chi connectivity index (χ3v) is 3.00. The summed E-state index contributed by atoms with van der Waals surface area (Å²) in [6.45, 7) is 3.44. The lowest BCUT2D eigenvalue weighted by molar-refractivity contribution is 0.650. The van der Waals surface area contributed by atoms with Crippen molar-refractivity contribution < 1.29 is 0 Å². The summed E-state index contributed by atoms with van der Waals surface area (Å²) >= 11 is 0. The number of imidazole rings is 1. The molecule has 0 aliphatic rings. The van der Waals surface area contributed by atoms with E-state index in [-0.39, 0.29) is 0 Å². The van der Waals surface area contributed by atoms with E-state index >= 15 is 0 Å². The highest BCUT2D eigenvalue weighted by Gasteiger charge is 2.01. The molecule has 2 aromatic rings. The Hall–Kier alpha value is -2.90. The number of aliphatic imine (C=N–C) groups is 2. The van der Waals surface area contributed by atoms with Crippen molar-refractivity contribution in [2.24, 2.45) is 21.5 Å². The maximum absolute atomic E-state index is 5.88. The molecule has 8 heteroatoms. The third kappa shape index (κ3) is 5.77. The van der Waals surface area contributed by atoms with Gasteiger partial charge in [0.1, 0.15) is 11.7 Å². The van der Waals surface area contributed by atoms with Crippen molar-refractivity contribution in [3.8, 4) is 0 Å². The highest BCUT2D eigenvalue weighted by molar-refractivity contribution is 6.01. The van der Waals surface area contributed by atoms with Gasteiger partial charge in [0, 0.05) is 31.5 Å². The minimum Gasteiger partial charge on any atom is -0.387 e. The van der Waals surface area contributed by atoms with Gasteiger partial charge in [-0.25, -0.2) is 9.98 Å². The summed E-state index contributed by atoms with van der Waals surface area (Å²) in [4.78, 5) is 12.5. The van der Waals surface area contributed by atoms with Gasteiger partial charge in [0.25, 0.3) is 0 Å². The number of aromatic amines is 1. The van der Waals surface area contributed by atoms with Crippen molar-refractivity contribution in [2.45, 2.75) is 26.3 Å². The molecule has 0 amide bonds. The SMILES string of the molecule is C/C=C/c1cc(N=C(N)CC(N)=NCCCn2ccnc2)n[nH]1. The number of aromatic nitrogens is 4. The molecular weight excluding hydrogens is 292 g/mol. The first-order chi connectivity index (χ1) is 11.2. The lowest BCUT2D eigenvalue weighted by Gasteiger charge is -2.02. The topological polar surface area (TPSA) is 123 Å². The minimum atomic E-state index is 0.330. The number of H-pyrrole nitrogens is 1. The van der Waals surface area contributed by atoms with Gasteiger partial charge in [-0.1, -0.05) is 6.08 Å². The zero-order valence-corrected chi connectivity index (χ0v) is 13.2. The van der Waals surface area contributed by atoms with E-state index in [1.54, 1.807) is 12.5 Å². The minimum absolute atomic E-state index is 0.330. The molecule has 0 aliphatic heterocycles. The molecule has 0 saturated heterocycles. The van der Waals surface area contributed by atoms with Crippen LogP contribution in [0.25, 0.3) is 6.08 Å². The van der Waals surface area contributed by atoms with Crippen LogP contribution in [-0.4, -0.2) is 38.0 Å². The number of nitrogens with zero attached hydrogens (tertiary/aromatic N) is 5. The summed E-state index contributed by atoms with van der Waals surface area (Å²) in [7, 11) is 0. The van der Waals surface area contributed by atoms with Crippen molar-refractivity contribution in [1.29, 1.82) is 0 Å². The van der Waals surface area contributed by atoms with E-state index in [0.717, 1.165) is 18.7 Å². The second-order valence-electron chi connectivity index (χ2n) is 4.99. The van der Waals surface area contributed by atoms with Gasteiger partial charge in [0.2, 0.25) is 0 Å². The highest BCUT2D eigenvalue weighted by atomic mass is 15.2. The van der Waals surface area contributed by atoms with Crippen molar-refractivity contribution in [1.82, 2.24) is 19.7 Å². The van der Waals surface area contributed by atoms with Crippen molar-refractivity contribution in [3.05, 3.63) is 36.6 Å². The molecule has 0 unspecified atom stereocenters. The van der Waals surface area contributed by atoms with Gasteiger partial charge in [-0.15, -0.1) is 0 Å². The number of rotatable bonds is 8. The van der Waals surface area contributed by atoms with Gasteiger partial charge in [0.05, 0.1) is 18.4 Å². The first-order valence-corrected chi connectivity index (χ1v) is 7.43. The van der Waals surface area contributed by atoms with Gasteiger partial charge in [-0.3, -0.25) is 10.1 Å². The Labute approximate surface area is 135 Å². The molecule has 5 N–H and O–H groups in total. The standard InChI is InChI=1S/C15H22N8/c1-2-4-12-9-15(22-21-12)20-14(17)10-13(16)19-5-3-7-23-8-6-18-11-23/h2,4,6,8-9,11H,3,5,7,10H2,1H3,(H2,16,19)(H3,17,20,21,22)/b4-2+. The molecule has 2 rings (SSSR count). The second kappa shape index (κ2) is 8.52. The van der Waals surface area contributed by atoms with Gasteiger partial charge < -0.3 is 16.0 Å². The van der Waals surface area contributed by atoms with E-state index in [1.165, 1.54) is 0 Å². The van der Waals surface area contributed by atoms with Crippen molar-refractivity contribution in [3.63, 3.8) is 0 Å². The van der Waals surface area contributed by atoms with E-state index in [0.29, 0.717) is 30.5 Å². The van der Waals surface area contributed by atoms with Crippen LogP contribution in [0.15, 0.2) is 40.8 Å². The van der Waals surface area contributed by atoms with Crippen LogP contribution in [0, 0.1) is 0 Å². The average molecular weight is 314 g/mol. The Morgan fingerprint density at radius 1 is 1.39 bits per heavy atom. The molecule has 0 saturated carbocycles. The predicted octanol–water partition coefficient (Wildman–Crippen LogP) is 1.47. The van der Waals surface area contributed by atoms with Crippen LogP contribution in [0.2, 0.25) is 0 Å². The number of hydrogen-bond donors (Lipinski definition) is 3. The maximum atomic E-state index is 5.88. The van der Waals surface area contributed by atoms with Crippen LogP contribution in [0.5, 0.6) is 0 Å². The first-order valence-electron chi connectivity index (χ1n) is 7.43. The molecule has 0 radical (unpaired) electrons. The maximum Gasteiger partial charge on any atom is 0.175 e. The quantitative estimate of drug-likeness (QED) is 0.388. The van der Waals surface area contributed by atoms with Gasteiger partial charge in [-0.05, 0) is 19.4 Å². The average Bonchev–Trinajstić information content (AvgIpc) is 3.16. The Morgan fingerprint density at radius 3 is 3.00 bits per heavy atom. The van der Waals surface area contributed by atoms with Crippen LogP contribution in [-0.2, 0) is 6.54 Å². The fraction of sp³-hybridized carbons (Fsp3) is 0.333. The van der Waals surface area contributed by atoms with Gasteiger partial charge >= 0.3 is 0 Å². The summed E-state index contributed by atoms with van der Waals surface area (Å²) in [5, 5.41) is 6.91. The number of nitrogens with two attached hydrogens (primary N) is 2. The smallest absolute Gasteiger partial charge is 0.175 e. The van der Waals surface area contributed by atoms with Crippen molar-refractivity contribution in [2.75, 3.05) is 6.54 Å². The molecule has 8 nitrogen and oxygen atoms in total. The summed E-state index contributed by atoms with van der Waals surface area (Å²) in [6, 6.07) is 1.81. The van der Waals surface area contributed by atoms with E-state index in [4.69, 9.17) is 11.5 Å². The van der Waals surface area contributed by atoms with Crippen LogP contribution in [0.1, 0.15) is 25.5 Å². The molecule has 2 heterocycles. The van der Waals surface area contributed by atoms with Crippen LogP contribution < -0.4 is 11.5 Å². The van der Waals surface area contributed by atoms with E-state index in [1.807, 2.05) is 35.9 Å². The number of amidine groups is 2. The third-order valence-electron chi connectivity index (χ3n) is 3.00. The van der Waals surface area contributed by atoms with Crippen LogP contribution in [0.3, 0.4) is 0 Å². The molecule has 0 bridgehead atoms. The second-order valence-corrected chi connectivity index (χ2v) is 4.99. The molecule has 122 valence electrons. The van der Waals surface area contributed by atoms with Crippen LogP contribution in [0.4, 0.5) is 5.82 Å². The fourth-order valence-corrected chi connectivity index (χ4v) is 1.97. The molecule has 0 atom stereocenters. The summed E-state index contributed by atoms with van der Waals surface area (Å²) in [6.07, 6.45) is 10.5. The highest BCUT2D eigenvalue weighted by Crippen LogP contribution is 2.10. The predicted molar refractivity (Wildman–Crippen MR) is 92.5 cm³/mol. The van der Waals surface area contributed by atoms with Gasteiger partial charge in [-0.2, -0.15) is 5.10 Å². The molecule has 0 fully saturated rings. The number of nitrogens with one attached hydrogen (secondary N) is 1. The lowest BCUT2D eigenvalue weighted by Crippen LogP contribution is -2.23. The lowest BCUT2D eigenvalue weighted by atomic mass is 10.3. The number of allylic oxidation sites excluding steroid dienone is 1. The number of hydrogen-bond acceptors (Lipinski definition) is 4. The largest absolute Gasteiger partial charge is 0.387 e. The first kappa shape index (κ1) is 16.5. The molecule has 2 aromatic heterocycles. The molecule has 23 heavy (non-hydrogen) atoms. The van der Waals surface area contributed by atoms with E-state index in [2.05, 4.69) is 25.2 Å². The van der Waals surface area contributed by atoms with E-state index in [9.17, 15) is 0 Å². The molecule has 0 aromatic carbocycles. The Balaban J connectivity index is 1.79. The summed E-state index contributed by atoms with van der Waals surface area (Å²) in [5.41, 5.74) is 12.6. The number of aryl methyl sites for hydroxylation is 1. The summed E-state index contributed by atoms with van der Waals surface area (Å²) in [5.74, 6) is 1.39. The fourth-order valence-electron chi connectivity index (χ4n) is 1.97. The normalized spacial score (nSPS) is 13.1. The molecule has 0 spiro atoms. The Kier molecular flexibility index (Phi) is 6.10. The van der Waals surface area contributed by atoms with Gasteiger partial charge in [0.15, 0.2) is 5.82 Å².